The van der Waals surface area contributed by atoms with Crippen LogP contribution in [-0.2, 0) is 4.79 Å². The Hall–Kier alpha value is -1.49. The Labute approximate surface area is 124 Å². The average Bonchev–Trinajstić information content (AvgIpc) is 2.40. The summed E-state index contributed by atoms with van der Waals surface area (Å²) in [6.45, 7) is 7.69. The molecule has 21 heavy (non-hydrogen) atoms. The zero-order valence-corrected chi connectivity index (χ0v) is 12.9. The highest BCUT2D eigenvalue weighted by Crippen LogP contribution is 2.20. The van der Waals surface area contributed by atoms with Crippen molar-refractivity contribution in [2.75, 3.05) is 0 Å². The van der Waals surface area contributed by atoms with E-state index in [1.165, 1.54) is 6.07 Å². The second-order valence-electron chi connectivity index (χ2n) is 5.90. The van der Waals surface area contributed by atoms with Gasteiger partial charge in [0.15, 0.2) is 11.6 Å². The maximum atomic E-state index is 13.2. The Morgan fingerprint density at radius 1 is 1.19 bits per heavy atom. The summed E-state index contributed by atoms with van der Waals surface area (Å²) >= 11 is 0. The third kappa shape index (κ3) is 5.08. The van der Waals surface area contributed by atoms with Crippen LogP contribution in [-0.4, -0.2) is 17.1 Å². The van der Waals surface area contributed by atoms with Crippen LogP contribution in [0.15, 0.2) is 18.2 Å². The summed E-state index contributed by atoms with van der Waals surface area (Å²) in [5.41, 5.74) is 0.235. The van der Waals surface area contributed by atoms with Crippen molar-refractivity contribution in [1.29, 1.82) is 0 Å². The van der Waals surface area contributed by atoms with E-state index in [9.17, 15) is 18.7 Å². The molecule has 0 radical (unpaired) electrons. The minimum Gasteiger partial charge on any atom is -0.386 e. The lowest BCUT2D eigenvalue weighted by molar-refractivity contribution is -0.123. The van der Waals surface area contributed by atoms with Gasteiger partial charge in [-0.2, -0.15) is 0 Å². The van der Waals surface area contributed by atoms with Gasteiger partial charge in [-0.05, 0) is 36.5 Å². The van der Waals surface area contributed by atoms with Crippen LogP contribution in [0, 0.1) is 23.5 Å². The Kier molecular flexibility index (Phi) is 6.27. The van der Waals surface area contributed by atoms with Gasteiger partial charge in [0.05, 0.1) is 12.1 Å². The molecule has 3 unspecified atom stereocenters. The highest BCUT2D eigenvalue weighted by atomic mass is 19.2. The first kappa shape index (κ1) is 17.6. The molecule has 0 spiro atoms. The van der Waals surface area contributed by atoms with E-state index < -0.39 is 23.8 Å². The molecule has 3 nitrogen and oxygen atoms in total. The second kappa shape index (κ2) is 7.50. The van der Waals surface area contributed by atoms with Crippen molar-refractivity contribution in [3.05, 3.63) is 35.4 Å². The molecule has 118 valence electrons. The minimum absolute atomic E-state index is 0.162. The molecule has 0 aliphatic rings. The van der Waals surface area contributed by atoms with Crippen molar-refractivity contribution in [2.24, 2.45) is 11.8 Å². The molecule has 0 saturated carbocycles. The molecule has 0 aliphatic heterocycles. The van der Waals surface area contributed by atoms with Crippen LogP contribution in [0.25, 0.3) is 0 Å². The average molecular weight is 299 g/mol. The molecule has 0 bridgehead atoms. The second-order valence-corrected chi connectivity index (χ2v) is 5.90. The van der Waals surface area contributed by atoms with E-state index in [1.54, 1.807) is 6.92 Å². The summed E-state index contributed by atoms with van der Waals surface area (Å²) in [6.07, 6.45) is -0.717. The first-order valence-corrected chi connectivity index (χ1v) is 7.14. The largest absolute Gasteiger partial charge is 0.386 e. The van der Waals surface area contributed by atoms with Crippen LogP contribution in [0.3, 0.4) is 0 Å². The van der Waals surface area contributed by atoms with E-state index in [4.69, 9.17) is 0 Å². The zero-order chi connectivity index (χ0) is 16.2. The van der Waals surface area contributed by atoms with Crippen molar-refractivity contribution in [1.82, 2.24) is 5.32 Å². The number of nitrogens with one attached hydrogen (secondary N) is 1. The van der Waals surface area contributed by atoms with Gasteiger partial charge in [0.25, 0.3) is 0 Å². The summed E-state index contributed by atoms with van der Waals surface area (Å²) in [4.78, 5) is 11.9. The molecule has 0 fully saturated rings. The maximum absolute atomic E-state index is 13.2. The number of hydrogen-bond acceptors (Lipinski definition) is 2. The van der Waals surface area contributed by atoms with E-state index in [-0.39, 0.29) is 17.4 Å². The van der Waals surface area contributed by atoms with Crippen LogP contribution in [0.4, 0.5) is 8.78 Å². The summed E-state index contributed by atoms with van der Waals surface area (Å²) in [6, 6.07) is 2.63. The minimum atomic E-state index is -1.08. The number of amides is 1. The van der Waals surface area contributed by atoms with Crippen LogP contribution < -0.4 is 5.32 Å². The lowest BCUT2D eigenvalue weighted by Gasteiger charge is -2.22. The van der Waals surface area contributed by atoms with Crippen molar-refractivity contribution >= 4 is 5.91 Å². The first-order chi connectivity index (χ1) is 9.72. The van der Waals surface area contributed by atoms with Crippen LogP contribution in [0.2, 0.25) is 0 Å². The van der Waals surface area contributed by atoms with Crippen molar-refractivity contribution in [3.63, 3.8) is 0 Å². The van der Waals surface area contributed by atoms with E-state index in [0.29, 0.717) is 12.3 Å². The zero-order valence-electron chi connectivity index (χ0n) is 12.9. The highest BCUT2D eigenvalue weighted by molar-refractivity contribution is 5.76. The Balaban J connectivity index is 2.63. The smallest absolute Gasteiger partial charge is 0.220 e. The molecule has 0 heterocycles. The quantitative estimate of drug-likeness (QED) is 0.847. The number of aliphatic hydroxyl groups is 1. The number of carbonyl (C=O) groups excluding carboxylic acids is 1. The lowest BCUT2D eigenvalue weighted by Crippen LogP contribution is -2.38. The molecule has 0 aromatic heterocycles. The Morgan fingerprint density at radius 2 is 1.81 bits per heavy atom. The van der Waals surface area contributed by atoms with Gasteiger partial charge in [-0.15, -0.1) is 0 Å². The van der Waals surface area contributed by atoms with E-state index in [1.807, 2.05) is 20.8 Å². The van der Waals surface area contributed by atoms with Gasteiger partial charge in [0.2, 0.25) is 5.91 Å². The molecular weight excluding hydrogens is 276 g/mol. The SMILES string of the molecule is CC(C)C(C)CC(=O)NC(C)C(O)c1ccc(F)c(F)c1. The van der Waals surface area contributed by atoms with Crippen molar-refractivity contribution < 1.29 is 18.7 Å². The van der Waals surface area contributed by atoms with Gasteiger partial charge < -0.3 is 10.4 Å². The predicted molar refractivity (Wildman–Crippen MR) is 77.5 cm³/mol. The number of aliphatic hydroxyl groups excluding tert-OH is 1. The summed E-state index contributed by atoms with van der Waals surface area (Å²) < 4.78 is 26.0. The van der Waals surface area contributed by atoms with Crippen LogP contribution in [0.5, 0.6) is 0 Å². The molecule has 5 heteroatoms. The van der Waals surface area contributed by atoms with Crippen molar-refractivity contribution in [2.45, 2.75) is 46.3 Å². The molecule has 1 rings (SSSR count). The van der Waals surface area contributed by atoms with E-state index >= 15 is 0 Å². The normalized spacial score (nSPS) is 15.6. The first-order valence-electron chi connectivity index (χ1n) is 7.14. The van der Waals surface area contributed by atoms with Gasteiger partial charge in [-0.1, -0.05) is 26.8 Å². The molecule has 3 atom stereocenters. The molecule has 2 N–H and O–H groups in total. The third-order valence-corrected chi connectivity index (χ3v) is 3.79. The number of halogens is 2. The maximum Gasteiger partial charge on any atom is 0.220 e. The molecule has 0 saturated heterocycles. The number of rotatable bonds is 6. The standard InChI is InChI=1S/C16H23F2NO2/c1-9(2)10(3)7-15(20)19-11(4)16(21)12-5-6-13(17)14(18)8-12/h5-6,8-11,16,21H,7H2,1-4H3,(H,19,20). The number of carbonyl (C=O) groups is 1. The van der Waals surface area contributed by atoms with Crippen molar-refractivity contribution in [3.8, 4) is 0 Å². The lowest BCUT2D eigenvalue weighted by atomic mass is 9.94. The molecular formula is C16H23F2NO2. The summed E-state index contributed by atoms with van der Waals surface area (Å²) in [5.74, 6) is -1.52. The van der Waals surface area contributed by atoms with Crippen LogP contribution >= 0.6 is 0 Å². The van der Waals surface area contributed by atoms with E-state index in [2.05, 4.69) is 5.32 Å². The Bertz CT molecular complexity index is 491. The molecule has 1 aromatic rings. The topological polar surface area (TPSA) is 49.3 Å². The number of benzene rings is 1. The van der Waals surface area contributed by atoms with Gasteiger partial charge in [-0.3, -0.25) is 4.79 Å². The summed E-state index contributed by atoms with van der Waals surface area (Å²) in [5, 5.41) is 12.8. The number of hydrogen-bond donors (Lipinski definition) is 2. The predicted octanol–water partition coefficient (Wildman–Crippen LogP) is 3.19. The van der Waals surface area contributed by atoms with Gasteiger partial charge >= 0.3 is 0 Å². The van der Waals surface area contributed by atoms with Gasteiger partial charge in [-0.25, -0.2) is 8.78 Å². The molecule has 0 aliphatic carbocycles. The third-order valence-electron chi connectivity index (χ3n) is 3.79. The molecule has 1 amide bonds. The van der Waals surface area contributed by atoms with Gasteiger partial charge in [0.1, 0.15) is 0 Å². The fourth-order valence-electron chi connectivity index (χ4n) is 1.90. The summed E-state index contributed by atoms with van der Waals surface area (Å²) in [7, 11) is 0. The van der Waals surface area contributed by atoms with E-state index in [0.717, 1.165) is 12.1 Å². The fraction of sp³-hybridized carbons (Fsp3) is 0.562. The van der Waals surface area contributed by atoms with Crippen LogP contribution in [0.1, 0.15) is 45.8 Å². The Morgan fingerprint density at radius 3 is 2.33 bits per heavy atom. The molecule has 1 aromatic carbocycles. The highest BCUT2D eigenvalue weighted by Gasteiger charge is 2.21. The monoisotopic (exact) mass is 299 g/mol. The van der Waals surface area contributed by atoms with Gasteiger partial charge in [0, 0.05) is 6.42 Å². The fourth-order valence-corrected chi connectivity index (χ4v) is 1.90.